The molecule has 1 atom stereocenters. The minimum absolute atomic E-state index is 0.129. The van der Waals surface area contributed by atoms with Crippen LogP contribution in [-0.2, 0) is 11.3 Å². The number of rotatable bonds is 4. The summed E-state index contributed by atoms with van der Waals surface area (Å²) in [5.74, 6) is -0.0220. The summed E-state index contributed by atoms with van der Waals surface area (Å²) in [7, 11) is 2.14. The molecule has 0 bridgehead atoms. The van der Waals surface area contributed by atoms with E-state index in [1.54, 1.807) is 13.1 Å². The van der Waals surface area contributed by atoms with Crippen LogP contribution in [0.1, 0.15) is 35.7 Å². The number of pyridine rings is 1. The standard InChI is InChI=1S/C20H26N2O3/c1-4-25-20(24)17-13-22(12-15-6-5-9-21(3)11-15)18-8-7-14(2)10-16(18)19(17)23/h7-8,10,13,15H,4-6,9,11-12H2,1-3H3/t15-/m1/s1. The minimum atomic E-state index is -0.537. The van der Waals surface area contributed by atoms with Gasteiger partial charge in [0.2, 0.25) is 5.43 Å². The third-order valence-corrected chi connectivity index (χ3v) is 4.91. The van der Waals surface area contributed by atoms with Gasteiger partial charge in [-0.2, -0.15) is 0 Å². The number of hydrogen-bond donors (Lipinski definition) is 0. The Hall–Kier alpha value is -2.14. The molecule has 1 fully saturated rings. The summed E-state index contributed by atoms with van der Waals surface area (Å²) in [5, 5.41) is 0.592. The highest BCUT2D eigenvalue weighted by Crippen LogP contribution is 2.21. The second-order valence-corrected chi connectivity index (χ2v) is 7.04. The molecule has 2 heterocycles. The van der Waals surface area contributed by atoms with E-state index in [-0.39, 0.29) is 17.6 Å². The number of likely N-dealkylation sites (tertiary alicyclic amines) is 1. The average Bonchev–Trinajstić information content (AvgIpc) is 2.57. The Bertz CT molecular complexity index is 841. The van der Waals surface area contributed by atoms with E-state index >= 15 is 0 Å². The van der Waals surface area contributed by atoms with E-state index in [0.29, 0.717) is 11.3 Å². The number of carbonyl (C=O) groups excluding carboxylic acids is 1. The number of carbonyl (C=O) groups is 1. The van der Waals surface area contributed by atoms with E-state index in [9.17, 15) is 9.59 Å². The van der Waals surface area contributed by atoms with Crippen molar-refractivity contribution < 1.29 is 9.53 Å². The van der Waals surface area contributed by atoms with Crippen LogP contribution in [0.3, 0.4) is 0 Å². The van der Waals surface area contributed by atoms with Gasteiger partial charge in [-0.25, -0.2) is 4.79 Å². The lowest BCUT2D eigenvalue weighted by Crippen LogP contribution is -2.34. The van der Waals surface area contributed by atoms with Crippen molar-refractivity contribution in [3.63, 3.8) is 0 Å². The molecule has 25 heavy (non-hydrogen) atoms. The van der Waals surface area contributed by atoms with Crippen LogP contribution in [0.5, 0.6) is 0 Å². The maximum atomic E-state index is 12.8. The lowest BCUT2D eigenvalue weighted by molar-refractivity contribution is 0.0524. The fourth-order valence-electron chi connectivity index (χ4n) is 3.72. The van der Waals surface area contributed by atoms with E-state index in [0.717, 1.165) is 30.7 Å². The molecule has 0 unspecified atom stereocenters. The molecular weight excluding hydrogens is 316 g/mol. The molecule has 1 aliphatic heterocycles. The number of aryl methyl sites for hydroxylation is 1. The highest BCUT2D eigenvalue weighted by molar-refractivity contribution is 5.93. The molecule has 0 N–H and O–H groups in total. The molecule has 0 saturated carbocycles. The molecule has 0 aliphatic carbocycles. The number of nitrogens with zero attached hydrogens (tertiary/aromatic N) is 2. The number of esters is 1. The van der Waals surface area contributed by atoms with Crippen molar-refractivity contribution >= 4 is 16.9 Å². The van der Waals surface area contributed by atoms with E-state index in [1.165, 1.54) is 12.8 Å². The van der Waals surface area contributed by atoms with Gasteiger partial charge in [-0.3, -0.25) is 4.79 Å². The second-order valence-electron chi connectivity index (χ2n) is 7.04. The topological polar surface area (TPSA) is 51.5 Å². The van der Waals surface area contributed by atoms with E-state index in [2.05, 4.69) is 16.5 Å². The molecular formula is C20H26N2O3. The van der Waals surface area contributed by atoms with Gasteiger partial charge in [0, 0.05) is 24.7 Å². The van der Waals surface area contributed by atoms with Gasteiger partial charge in [0.15, 0.2) is 0 Å². The van der Waals surface area contributed by atoms with Gasteiger partial charge >= 0.3 is 5.97 Å². The molecule has 1 saturated heterocycles. The third kappa shape index (κ3) is 3.76. The van der Waals surface area contributed by atoms with Crippen molar-refractivity contribution in [2.75, 3.05) is 26.7 Å². The highest BCUT2D eigenvalue weighted by Gasteiger charge is 2.21. The smallest absolute Gasteiger partial charge is 0.343 e. The highest BCUT2D eigenvalue weighted by atomic mass is 16.5. The van der Waals surface area contributed by atoms with Crippen LogP contribution in [0, 0.1) is 12.8 Å². The molecule has 0 radical (unpaired) electrons. The molecule has 1 aliphatic rings. The zero-order chi connectivity index (χ0) is 18.0. The van der Waals surface area contributed by atoms with Gasteiger partial charge in [-0.05, 0) is 58.3 Å². The van der Waals surface area contributed by atoms with Crippen LogP contribution < -0.4 is 5.43 Å². The number of hydrogen-bond acceptors (Lipinski definition) is 4. The first-order valence-electron chi connectivity index (χ1n) is 8.99. The molecule has 1 aromatic carbocycles. The first kappa shape index (κ1) is 17.7. The monoisotopic (exact) mass is 342 g/mol. The number of ether oxygens (including phenoxy) is 1. The zero-order valence-corrected chi connectivity index (χ0v) is 15.2. The Labute approximate surface area is 148 Å². The lowest BCUT2D eigenvalue weighted by Gasteiger charge is -2.30. The van der Waals surface area contributed by atoms with Crippen LogP contribution in [-0.4, -0.2) is 42.2 Å². The SMILES string of the molecule is CCOC(=O)c1cn(C[C@@H]2CCCN(C)C2)c2ccc(C)cc2c1=O. The molecule has 1 aromatic heterocycles. The van der Waals surface area contributed by atoms with Crippen LogP contribution in [0.4, 0.5) is 0 Å². The fraction of sp³-hybridized carbons (Fsp3) is 0.500. The largest absolute Gasteiger partial charge is 0.462 e. The summed E-state index contributed by atoms with van der Waals surface area (Å²) < 4.78 is 7.15. The van der Waals surface area contributed by atoms with Gasteiger partial charge in [-0.15, -0.1) is 0 Å². The molecule has 0 amide bonds. The normalized spacial score (nSPS) is 18.4. The maximum absolute atomic E-state index is 12.8. The van der Waals surface area contributed by atoms with Gasteiger partial charge < -0.3 is 14.2 Å². The number of fused-ring (bicyclic) bond motifs is 1. The van der Waals surface area contributed by atoms with Gasteiger partial charge in [0.1, 0.15) is 5.56 Å². The third-order valence-electron chi connectivity index (χ3n) is 4.91. The summed E-state index contributed by atoms with van der Waals surface area (Å²) >= 11 is 0. The summed E-state index contributed by atoms with van der Waals surface area (Å²) in [5.41, 5.74) is 1.78. The maximum Gasteiger partial charge on any atom is 0.343 e. The van der Waals surface area contributed by atoms with E-state index in [4.69, 9.17) is 4.74 Å². The average molecular weight is 342 g/mol. The van der Waals surface area contributed by atoms with E-state index in [1.807, 2.05) is 25.1 Å². The summed E-state index contributed by atoms with van der Waals surface area (Å²) in [6, 6.07) is 5.85. The Morgan fingerprint density at radius 2 is 2.16 bits per heavy atom. The Morgan fingerprint density at radius 3 is 2.88 bits per heavy atom. The molecule has 134 valence electrons. The Kier molecular flexibility index (Phi) is 5.23. The fourth-order valence-corrected chi connectivity index (χ4v) is 3.72. The Balaban J connectivity index is 2.07. The summed E-state index contributed by atoms with van der Waals surface area (Å²) in [4.78, 5) is 27.4. The van der Waals surface area contributed by atoms with Crippen molar-refractivity contribution in [2.45, 2.75) is 33.2 Å². The molecule has 3 rings (SSSR count). The van der Waals surface area contributed by atoms with Crippen molar-refractivity contribution in [3.05, 3.63) is 45.7 Å². The first-order valence-corrected chi connectivity index (χ1v) is 8.99. The van der Waals surface area contributed by atoms with Gasteiger partial charge in [-0.1, -0.05) is 11.6 Å². The van der Waals surface area contributed by atoms with E-state index < -0.39 is 5.97 Å². The predicted molar refractivity (Wildman–Crippen MR) is 99.1 cm³/mol. The quantitative estimate of drug-likeness (QED) is 0.802. The van der Waals surface area contributed by atoms with Crippen LogP contribution >= 0.6 is 0 Å². The molecule has 2 aromatic rings. The van der Waals surface area contributed by atoms with Crippen molar-refractivity contribution in [1.82, 2.24) is 9.47 Å². The predicted octanol–water partition coefficient (Wildman–Crippen LogP) is 2.83. The van der Waals surface area contributed by atoms with Crippen molar-refractivity contribution in [1.29, 1.82) is 0 Å². The second kappa shape index (κ2) is 7.40. The van der Waals surface area contributed by atoms with Gasteiger partial charge in [0.05, 0.1) is 12.1 Å². The van der Waals surface area contributed by atoms with Crippen molar-refractivity contribution in [3.8, 4) is 0 Å². The van der Waals surface area contributed by atoms with Crippen molar-refractivity contribution in [2.24, 2.45) is 5.92 Å². The van der Waals surface area contributed by atoms with Crippen LogP contribution in [0.25, 0.3) is 10.9 Å². The zero-order valence-electron chi connectivity index (χ0n) is 15.2. The molecule has 0 spiro atoms. The number of piperidine rings is 1. The minimum Gasteiger partial charge on any atom is -0.462 e. The van der Waals surface area contributed by atoms with Crippen LogP contribution in [0.2, 0.25) is 0 Å². The number of benzene rings is 1. The Morgan fingerprint density at radius 1 is 1.36 bits per heavy atom. The summed E-state index contributed by atoms with van der Waals surface area (Å²) in [6.45, 7) is 6.94. The lowest BCUT2D eigenvalue weighted by atomic mass is 9.98. The first-order chi connectivity index (χ1) is 12.0. The summed E-state index contributed by atoms with van der Waals surface area (Å²) in [6.07, 6.45) is 4.04. The molecule has 5 nitrogen and oxygen atoms in total. The van der Waals surface area contributed by atoms with Gasteiger partial charge in [0.25, 0.3) is 0 Å². The van der Waals surface area contributed by atoms with Crippen LogP contribution in [0.15, 0.2) is 29.2 Å². The molecule has 5 heteroatoms. The number of aromatic nitrogens is 1.